The molecule has 0 heterocycles. The number of esters is 1. The average Bonchev–Trinajstić information content (AvgIpc) is 2.63. The van der Waals surface area contributed by atoms with Crippen molar-refractivity contribution in [3.63, 3.8) is 0 Å². The van der Waals surface area contributed by atoms with Gasteiger partial charge in [-0.25, -0.2) is 4.79 Å². The Kier molecular flexibility index (Phi) is 5.75. The monoisotopic (exact) mass is 314 g/mol. The quantitative estimate of drug-likeness (QED) is 0.674. The standard InChI is InChI=1S/C21H30O2/c1-2-16-8-10-17(11-9-16)18-12-14-20(15-13-18)23-21(22)19-6-4-3-5-7-19/h3-7,16-18,20H,2,8-15H2,1H3/t16-,17-,18-,20-. The van der Waals surface area contributed by atoms with Crippen LogP contribution in [0.2, 0.25) is 0 Å². The van der Waals surface area contributed by atoms with Crippen LogP contribution >= 0.6 is 0 Å². The van der Waals surface area contributed by atoms with Gasteiger partial charge in [0.2, 0.25) is 0 Å². The van der Waals surface area contributed by atoms with Gasteiger partial charge in [0.15, 0.2) is 0 Å². The van der Waals surface area contributed by atoms with E-state index in [1.807, 2.05) is 30.3 Å². The fourth-order valence-corrected chi connectivity index (χ4v) is 4.54. The zero-order valence-corrected chi connectivity index (χ0v) is 14.4. The molecule has 23 heavy (non-hydrogen) atoms. The van der Waals surface area contributed by atoms with Gasteiger partial charge in [-0.3, -0.25) is 0 Å². The van der Waals surface area contributed by atoms with E-state index < -0.39 is 0 Å². The molecule has 0 saturated heterocycles. The summed E-state index contributed by atoms with van der Waals surface area (Å²) in [4.78, 5) is 12.1. The summed E-state index contributed by atoms with van der Waals surface area (Å²) < 4.78 is 5.71. The molecule has 0 radical (unpaired) electrons. The van der Waals surface area contributed by atoms with E-state index in [1.165, 1.54) is 44.9 Å². The van der Waals surface area contributed by atoms with Gasteiger partial charge in [-0.2, -0.15) is 0 Å². The lowest BCUT2D eigenvalue weighted by Gasteiger charge is -2.37. The van der Waals surface area contributed by atoms with E-state index in [0.717, 1.165) is 30.6 Å². The van der Waals surface area contributed by atoms with Crippen molar-refractivity contribution < 1.29 is 9.53 Å². The van der Waals surface area contributed by atoms with Crippen LogP contribution in [0.4, 0.5) is 0 Å². The molecule has 2 saturated carbocycles. The minimum absolute atomic E-state index is 0.130. The third-order valence-electron chi connectivity index (χ3n) is 6.14. The van der Waals surface area contributed by atoms with Gasteiger partial charge in [-0.1, -0.05) is 44.4 Å². The van der Waals surface area contributed by atoms with Crippen molar-refractivity contribution in [3.8, 4) is 0 Å². The fourth-order valence-electron chi connectivity index (χ4n) is 4.54. The highest BCUT2D eigenvalue weighted by atomic mass is 16.5. The van der Waals surface area contributed by atoms with Crippen molar-refractivity contribution in [2.45, 2.75) is 70.8 Å². The number of benzene rings is 1. The van der Waals surface area contributed by atoms with E-state index >= 15 is 0 Å². The molecule has 0 amide bonds. The van der Waals surface area contributed by atoms with Gasteiger partial charge in [-0.05, 0) is 68.4 Å². The molecule has 0 aromatic heterocycles. The Hall–Kier alpha value is -1.31. The summed E-state index contributed by atoms with van der Waals surface area (Å²) in [5.74, 6) is 2.63. The zero-order chi connectivity index (χ0) is 16.1. The summed E-state index contributed by atoms with van der Waals surface area (Å²) in [6.45, 7) is 2.33. The van der Waals surface area contributed by atoms with Gasteiger partial charge >= 0.3 is 5.97 Å². The van der Waals surface area contributed by atoms with E-state index in [1.54, 1.807) is 0 Å². The Labute approximate surface area is 140 Å². The molecule has 2 aliphatic rings. The first-order chi connectivity index (χ1) is 11.3. The number of rotatable bonds is 4. The Morgan fingerprint density at radius 3 is 2.04 bits per heavy atom. The molecule has 3 rings (SSSR count). The normalized spacial score (nSPS) is 31.5. The number of carbonyl (C=O) groups excluding carboxylic acids is 1. The highest BCUT2D eigenvalue weighted by Crippen LogP contribution is 2.41. The Morgan fingerprint density at radius 2 is 1.48 bits per heavy atom. The molecule has 126 valence electrons. The molecule has 1 aromatic carbocycles. The minimum atomic E-state index is -0.155. The van der Waals surface area contributed by atoms with Gasteiger partial charge in [0.25, 0.3) is 0 Å². The maximum absolute atomic E-state index is 12.1. The van der Waals surface area contributed by atoms with Crippen LogP contribution in [0, 0.1) is 17.8 Å². The number of carbonyl (C=O) groups is 1. The van der Waals surface area contributed by atoms with Crippen LogP contribution in [0.1, 0.15) is 75.1 Å². The van der Waals surface area contributed by atoms with Crippen molar-refractivity contribution in [2.75, 3.05) is 0 Å². The third-order valence-corrected chi connectivity index (χ3v) is 6.14. The number of hydrogen-bond donors (Lipinski definition) is 0. The van der Waals surface area contributed by atoms with Crippen LogP contribution in [-0.4, -0.2) is 12.1 Å². The summed E-state index contributed by atoms with van der Waals surface area (Å²) in [7, 11) is 0. The van der Waals surface area contributed by atoms with Crippen molar-refractivity contribution in [1.82, 2.24) is 0 Å². The van der Waals surface area contributed by atoms with Crippen LogP contribution in [0.5, 0.6) is 0 Å². The second-order valence-corrected chi connectivity index (χ2v) is 7.50. The van der Waals surface area contributed by atoms with Crippen LogP contribution in [0.25, 0.3) is 0 Å². The molecule has 2 fully saturated rings. The van der Waals surface area contributed by atoms with Gasteiger partial charge in [0.05, 0.1) is 5.56 Å². The third kappa shape index (κ3) is 4.37. The van der Waals surface area contributed by atoms with Crippen LogP contribution in [0.3, 0.4) is 0 Å². The minimum Gasteiger partial charge on any atom is -0.459 e. The Balaban J connectivity index is 1.43. The maximum atomic E-state index is 12.1. The fraction of sp³-hybridized carbons (Fsp3) is 0.667. The first-order valence-electron chi connectivity index (χ1n) is 9.52. The molecule has 0 bridgehead atoms. The highest BCUT2D eigenvalue weighted by Gasteiger charge is 2.31. The Morgan fingerprint density at radius 1 is 0.913 bits per heavy atom. The molecular weight excluding hydrogens is 284 g/mol. The summed E-state index contributed by atoms with van der Waals surface area (Å²) >= 11 is 0. The molecule has 2 heteroatoms. The lowest BCUT2D eigenvalue weighted by atomic mass is 9.70. The van der Waals surface area contributed by atoms with E-state index in [9.17, 15) is 4.79 Å². The van der Waals surface area contributed by atoms with Crippen molar-refractivity contribution in [3.05, 3.63) is 35.9 Å². The van der Waals surface area contributed by atoms with Crippen LogP contribution < -0.4 is 0 Å². The van der Waals surface area contributed by atoms with Gasteiger partial charge in [0.1, 0.15) is 6.10 Å². The molecular formula is C21H30O2. The SMILES string of the molecule is CC[C@H]1CC[C@H]([C@H]2CC[C@H](OC(=O)c3ccccc3)CC2)CC1. The van der Waals surface area contributed by atoms with E-state index in [0.29, 0.717) is 5.56 Å². The number of ether oxygens (including phenoxy) is 1. The molecule has 2 nitrogen and oxygen atoms in total. The lowest BCUT2D eigenvalue weighted by Crippen LogP contribution is -2.29. The Bertz CT molecular complexity index is 480. The average molecular weight is 314 g/mol. The van der Waals surface area contributed by atoms with Crippen molar-refractivity contribution in [1.29, 1.82) is 0 Å². The van der Waals surface area contributed by atoms with Crippen molar-refractivity contribution in [2.24, 2.45) is 17.8 Å². The first kappa shape index (κ1) is 16.5. The molecule has 0 spiro atoms. The predicted octanol–water partition coefficient (Wildman–Crippen LogP) is 5.62. The topological polar surface area (TPSA) is 26.3 Å². The maximum Gasteiger partial charge on any atom is 0.338 e. The molecule has 0 unspecified atom stereocenters. The van der Waals surface area contributed by atoms with Gasteiger partial charge in [0, 0.05) is 0 Å². The van der Waals surface area contributed by atoms with Crippen molar-refractivity contribution >= 4 is 5.97 Å². The second-order valence-electron chi connectivity index (χ2n) is 7.50. The lowest BCUT2D eigenvalue weighted by molar-refractivity contribution is 0.0110. The summed E-state index contributed by atoms with van der Waals surface area (Å²) in [5, 5.41) is 0. The van der Waals surface area contributed by atoms with Crippen LogP contribution in [-0.2, 0) is 4.74 Å². The summed E-state index contributed by atoms with van der Waals surface area (Å²) in [5.41, 5.74) is 0.674. The zero-order valence-electron chi connectivity index (χ0n) is 14.4. The predicted molar refractivity (Wildman–Crippen MR) is 93.3 cm³/mol. The summed E-state index contributed by atoms with van der Waals surface area (Å²) in [6.07, 6.45) is 11.8. The first-order valence-corrected chi connectivity index (χ1v) is 9.52. The molecule has 2 aliphatic carbocycles. The molecule has 0 atom stereocenters. The highest BCUT2D eigenvalue weighted by molar-refractivity contribution is 5.89. The van der Waals surface area contributed by atoms with E-state index in [2.05, 4.69) is 6.92 Å². The number of hydrogen-bond acceptors (Lipinski definition) is 2. The molecule has 0 N–H and O–H groups in total. The van der Waals surface area contributed by atoms with E-state index in [-0.39, 0.29) is 12.1 Å². The smallest absolute Gasteiger partial charge is 0.338 e. The second kappa shape index (κ2) is 7.99. The van der Waals surface area contributed by atoms with Gasteiger partial charge in [-0.15, -0.1) is 0 Å². The molecule has 0 aliphatic heterocycles. The summed E-state index contributed by atoms with van der Waals surface area (Å²) in [6, 6.07) is 9.37. The molecule has 1 aromatic rings. The van der Waals surface area contributed by atoms with Gasteiger partial charge < -0.3 is 4.74 Å². The van der Waals surface area contributed by atoms with E-state index in [4.69, 9.17) is 4.74 Å². The largest absolute Gasteiger partial charge is 0.459 e. The van der Waals surface area contributed by atoms with Crippen LogP contribution in [0.15, 0.2) is 30.3 Å².